The number of piperazine rings is 1. The molecular formula is C22H29N3O3. The van der Waals surface area contributed by atoms with Gasteiger partial charge < -0.3 is 19.6 Å². The summed E-state index contributed by atoms with van der Waals surface area (Å²) in [6.45, 7) is 8.45. The van der Waals surface area contributed by atoms with Crippen molar-refractivity contribution in [3.63, 3.8) is 0 Å². The summed E-state index contributed by atoms with van der Waals surface area (Å²) in [6.07, 6.45) is 5.08. The molecule has 0 bridgehead atoms. The van der Waals surface area contributed by atoms with Crippen molar-refractivity contribution in [2.45, 2.75) is 6.92 Å². The lowest BCUT2D eigenvalue weighted by Gasteiger charge is -2.31. The summed E-state index contributed by atoms with van der Waals surface area (Å²) in [6, 6.07) is 10.8. The van der Waals surface area contributed by atoms with Gasteiger partial charge in [0.1, 0.15) is 5.75 Å². The van der Waals surface area contributed by atoms with Gasteiger partial charge in [-0.2, -0.15) is 0 Å². The Balaban J connectivity index is 0.000000261. The molecule has 150 valence electrons. The van der Waals surface area contributed by atoms with Crippen LogP contribution in [0.4, 0.5) is 0 Å². The number of pyridine rings is 1. The molecule has 0 amide bonds. The average molecular weight is 383 g/mol. The summed E-state index contributed by atoms with van der Waals surface area (Å²) in [4.78, 5) is 19.6. The third kappa shape index (κ3) is 7.13. The Labute approximate surface area is 167 Å². The van der Waals surface area contributed by atoms with Crippen LogP contribution in [0.25, 0.3) is 12.2 Å². The minimum atomic E-state index is -0.974. The van der Waals surface area contributed by atoms with Gasteiger partial charge in [-0.15, -0.1) is 0 Å². The summed E-state index contributed by atoms with van der Waals surface area (Å²) in [5.41, 5.74) is 1.91. The number of hydrogen-bond acceptors (Lipinski definition) is 5. The van der Waals surface area contributed by atoms with Crippen LogP contribution >= 0.6 is 0 Å². The van der Waals surface area contributed by atoms with Gasteiger partial charge in [0.25, 0.3) is 0 Å². The van der Waals surface area contributed by atoms with Crippen LogP contribution in [0, 0.1) is 0 Å². The van der Waals surface area contributed by atoms with Crippen molar-refractivity contribution in [3.05, 3.63) is 59.4 Å². The van der Waals surface area contributed by atoms with E-state index < -0.39 is 5.97 Å². The smallest absolute Gasteiger partial charge is 0.337 e. The second-order valence-electron chi connectivity index (χ2n) is 6.62. The predicted molar refractivity (Wildman–Crippen MR) is 113 cm³/mol. The van der Waals surface area contributed by atoms with E-state index in [1.54, 1.807) is 13.2 Å². The molecule has 1 aliphatic heterocycles. The summed E-state index contributed by atoms with van der Waals surface area (Å²) in [5.74, 6) is -0.167. The largest absolute Gasteiger partial charge is 0.497 e. The number of carboxylic acids is 1. The Morgan fingerprint density at radius 2 is 1.79 bits per heavy atom. The molecule has 1 aliphatic rings. The minimum absolute atomic E-state index is 0.182. The first kappa shape index (κ1) is 21.6. The highest BCUT2D eigenvalue weighted by molar-refractivity contribution is 5.87. The summed E-state index contributed by atoms with van der Waals surface area (Å²) in [5, 5.41) is 8.76. The molecule has 1 saturated heterocycles. The molecule has 1 aromatic carbocycles. The summed E-state index contributed by atoms with van der Waals surface area (Å²) in [7, 11) is 3.81. The fourth-order valence-electron chi connectivity index (χ4n) is 2.69. The molecule has 0 spiro atoms. The SMILES string of the molecule is CCN1CCN(C)CC1.COc1ccc(C=Cc2ccc(C(=O)O)cn2)cc1. The molecule has 6 nitrogen and oxygen atoms in total. The van der Waals surface area contributed by atoms with E-state index in [2.05, 4.69) is 28.8 Å². The van der Waals surface area contributed by atoms with Gasteiger partial charge in [0, 0.05) is 32.4 Å². The van der Waals surface area contributed by atoms with E-state index in [1.165, 1.54) is 45.0 Å². The number of benzene rings is 1. The highest BCUT2D eigenvalue weighted by Crippen LogP contribution is 2.13. The fourth-order valence-corrected chi connectivity index (χ4v) is 2.69. The van der Waals surface area contributed by atoms with Gasteiger partial charge >= 0.3 is 5.97 Å². The van der Waals surface area contributed by atoms with Crippen molar-refractivity contribution in [1.29, 1.82) is 0 Å². The van der Waals surface area contributed by atoms with Crippen LogP contribution in [0.1, 0.15) is 28.5 Å². The Hall–Kier alpha value is -2.70. The van der Waals surface area contributed by atoms with Gasteiger partial charge in [-0.3, -0.25) is 4.98 Å². The quantitative estimate of drug-likeness (QED) is 0.855. The average Bonchev–Trinajstić information content (AvgIpc) is 2.74. The van der Waals surface area contributed by atoms with Crippen molar-refractivity contribution < 1.29 is 14.6 Å². The van der Waals surface area contributed by atoms with E-state index in [9.17, 15) is 4.79 Å². The second kappa shape index (κ2) is 11.2. The van der Waals surface area contributed by atoms with Crippen molar-refractivity contribution in [3.8, 4) is 5.75 Å². The van der Waals surface area contributed by atoms with Crippen LogP contribution in [-0.4, -0.2) is 72.7 Å². The van der Waals surface area contributed by atoms with Crippen molar-refractivity contribution in [2.75, 3.05) is 46.9 Å². The molecule has 1 N–H and O–H groups in total. The molecule has 0 saturated carbocycles. The third-order valence-electron chi connectivity index (χ3n) is 4.64. The van der Waals surface area contributed by atoms with E-state index >= 15 is 0 Å². The number of methoxy groups -OCH3 is 1. The van der Waals surface area contributed by atoms with Crippen LogP contribution in [0.5, 0.6) is 5.75 Å². The molecule has 1 fully saturated rings. The zero-order chi connectivity index (χ0) is 20.4. The van der Waals surface area contributed by atoms with Crippen molar-refractivity contribution >= 4 is 18.1 Å². The maximum atomic E-state index is 10.7. The number of aromatic nitrogens is 1. The Morgan fingerprint density at radius 1 is 1.11 bits per heavy atom. The van der Waals surface area contributed by atoms with E-state index in [4.69, 9.17) is 9.84 Å². The molecule has 6 heteroatoms. The van der Waals surface area contributed by atoms with Crippen LogP contribution in [-0.2, 0) is 0 Å². The molecule has 3 rings (SSSR count). The van der Waals surface area contributed by atoms with Gasteiger partial charge in [0.05, 0.1) is 18.4 Å². The Kier molecular flexibility index (Phi) is 8.65. The maximum Gasteiger partial charge on any atom is 0.337 e. The van der Waals surface area contributed by atoms with Gasteiger partial charge in [-0.05, 0) is 49.5 Å². The fraction of sp³-hybridized carbons (Fsp3) is 0.364. The zero-order valence-electron chi connectivity index (χ0n) is 16.8. The van der Waals surface area contributed by atoms with Crippen molar-refractivity contribution in [2.24, 2.45) is 0 Å². The van der Waals surface area contributed by atoms with E-state index in [-0.39, 0.29) is 5.56 Å². The standard InChI is InChI=1S/C15H13NO3.C7H16N2/c1-19-14-8-3-11(4-9-14)2-6-13-7-5-12(10-16-13)15(17)18;1-3-9-6-4-8(2)5-7-9/h2-10H,1H3,(H,17,18);3-7H2,1-2H3. The molecule has 1 aromatic heterocycles. The first-order valence-electron chi connectivity index (χ1n) is 9.44. The van der Waals surface area contributed by atoms with Crippen LogP contribution in [0.3, 0.4) is 0 Å². The minimum Gasteiger partial charge on any atom is -0.497 e. The Bertz CT molecular complexity index is 750. The van der Waals surface area contributed by atoms with Crippen LogP contribution < -0.4 is 4.74 Å². The number of ether oxygens (including phenoxy) is 1. The first-order valence-corrected chi connectivity index (χ1v) is 9.44. The molecule has 0 radical (unpaired) electrons. The predicted octanol–water partition coefficient (Wildman–Crippen LogP) is 3.21. The maximum absolute atomic E-state index is 10.7. The van der Waals surface area contributed by atoms with E-state index in [0.29, 0.717) is 5.69 Å². The Morgan fingerprint density at radius 3 is 2.29 bits per heavy atom. The number of carbonyl (C=O) groups is 1. The van der Waals surface area contributed by atoms with E-state index in [0.717, 1.165) is 11.3 Å². The monoisotopic (exact) mass is 383 g/mol. The van der Waals surface area contributed by atoms with Crippen LogP contribution in [0.2, 0.25) is 0 Å². The lowest BCUT2D eigenvalue weighted by atomic mass is 10.2. The number of carboxylic acid groups (broad SMARTS) is 1. The molecule has 0 atom stereocenters. The molecule has 28 heavy (non-hydrogen) atoms. The number of rotatable bonds is 5. The van der Waals surface area contributed by atoms with Crippen LogP contribution in [0.15, 0.2) is 42.6 Å². The number of aromatic carboxylic acids is 1. The second-order valence-corrected chi connectivity index (χ2v) is 6.62. The summed E-state index contributed by atoms with van der Waals surface area (Å²) < 4.78 is 5.08. The number of hydrogen-bond donors (Lipinski definition) is 1. The topological polar surface area (TPSA) is 65.9 Å². The lowest BCUT2D eigenvalue weighted by molar-refractivity contribution is 0.0696. The molecule has 0 aliphatic carbocycles. The van der Waals surface area contributed by atoms with Crippen molar-refractivity contribution in [1.82, 2.24) is 14.8 Å². The van der Waals surface area contributed by atoms with Gasteiger partial charge in [-0.1, -0.05) is 25.1 Å². The molecule has 2 heterocycles. The number of likely N-dealkylation sites (N-methyl/N-ethyl adjacent to an activating group) is 2. The normalized spacial score (nSPS) is 15.1. The third-order valence-corrected chi connectivity index (χ3v) is 4.64. The summed E-state index contributed by atoms with van der Waals surface area (Å²) >= 11 is 0. The zero-order valence-corrected chi connectivity index (χ0v) is 16.8. The van der Waals surface area contributed by atoms with Gasteiger partial charge in [-0.25, -0.2) is 4.79 Å². The molecular weight excluding hydrogens is 354 g/mol. The number of nitrogens with zero attached hydrogens (tertiary/aromatic N) is 3. The highest BCUT2D eigenvalue weighted by atomic mass is 16.5. The van der Waals surface area contributed by atoms with E-state index in [1.807, 2.05) is 36.4 Å². The highest BCUT2D eigenvalue weighted by Gasteiger charge is 2.10. The molecule has 0 unspecified atom stereocenters. The van der Waals surface area contributed by atoms with Gasteiger partial charge in [0.2, 0.25) is 0 Å². The molecule has 2 aromatic rings. The van der Waals surface area contributed by atoms with Gasteiger partial charge in [0.15, 0.2) is 0 Å². The first-order chi connectivity index (χ1) is 13.5. The lowest BCUT2D eigenvalue weighted by Crippen LogP contribution is -2.44.